The van der Waals surface area contributed by atoms with Gasteiger partial charge in [-0.25, -0.2) is 4.39 Å². The van der Waals surface area contributed by atoms with Gasteiger partial charge in [-0.15, -0.1) is 0 Å². The monoisotopic (exact) mass is 542 g/mol. The second kappa shape index (κ2) is 11.0. The molecule has 3 aromatic carbocycles. The van der Waals surface area contributed by atoms with Crippen LogP contribution in [0, 0.1) is 6.92 Å². The average molecular weight is 543 g/mol. The van der Waals surface area contributed by atoms with E-state index in [9.17, 15) is 37.3 Å². The lowest BCUT2D eigenvalue weighted by atomic mass is 9.71. The average Bonchev–Trinajstić information content (AvgIpc) is 2.87. The Hall–Kier alpha value is -3.08. The maximum atomic E-state index is 16.4. The minimum Gasteiger partial charge on any atom is -0.478 e. The Morgan fingerprint density at radius 1 is 0.789 bits per heavy atom. The molecule has 0 bridgehead atoms. The predicted octanol–water partition coefficient (Wildman–Crippen LogP) is 6.58. The summed E-state index contributed by atoms with van der Waals surface area (Å²) in [6, 6.07) is 15.6. The molecule has 0 aliphatic carbocycles. The Morgan fingerprint density at radius 2 is 1.42 bits per heavy atom. The Balaban J connectivity index is 2.44. The van der Waals surface area contributed by atoms with Gasteiger partial charge >= 0.3 is 18.0 Å². The quantitative estimate of drug-likeness (QED) is 0.253. The van der Waals surface area contributed by atoms with E-state index in [1.807, 2.05) is 0 Å². The summed E-state index contributed by atoms with van der Waals surface area (Å²) in [6.07, 6.45) is -13.4. The minimum atomic E-state index is -6.29. The van der Waals surface area contributed by atoms with Gasteiger partial charge in [-0.05, 0) is 53.3 Å². The molecule has 0 aromatic heterocycles. The van der Waals surface area contributed by atoms with Crippen LogP contribution in [0.2, 0.25) is 0 Å². The molecule has 0 saturated carbocycles. The minimum absolute atomic E-state index is 0.0389. The molecule has 0 aliphatic heterocycles. The van der Waals surface area contributed by atoms with Crippen LogP contribution in [0.5, 0.6) is 5.75 Å². The third-order valence-electron chi connectivity index (χ3n) is 6.63. The smallest absolute Gasteiger partial charge is 0.435 e. The van der Waals surface area contributed by atoms with Gasteiger partial charge in [-0.2, -0.15) is 22.0 Å². The van der Waals surface area contributed by atoms with Crippen molar-refractivity contribution in [2.75, 3.05) is 0 Å². The van der Waals surface area contributed by atoms with Crippen LogP contribution in [0.15, 0.2) is 66.7 Å². The lowest BCUT2D eigenvalue weighted by Gasteiger charge is -2.48. The van der Waals surface area contributed by atoms with E-state index in [2.05, 4.69) is 0 Å². The van der Waals surface area contributed by atoms with E-state index in [1.165, 1.54) is 26.0 Å². The van der Waals surface area contributed by atoms with E-state index in [4.69, 9.17) is 4.74 Å². The second-order valence-corrected chi connectivity index (χ2v) is 8.97. The number of alkyl halides is 6. The molecule has 0 radical (unpaired) electrons. The summed E-state index contributed by atoms with van der Waals surface area (Å²) >= 11 is 0. The van der Waals surface area contributed by atoms with Gasteiger partial charge in [0.05, 0.1) is 13.2 Å². The number of hydrogen-bond donors (Lipinski definition) is 3. The highest BCUT2D eigenvalue weighted by Gasteiger charge is 2.82. The molecule has 38 heavy (non-hydrogen) atoms. The zero-order valence-electron chi connectivity index (χ0n) is 20.7. The fourth-order valence-corrected chi connectivity index (χ4v) is 4.84. The van der Waals surface area contributed by atoms with Crippen molar-refractivity contribution in [3.63, 3.8) is 0 Å². The maximum absolute atomic E-state index is 16.4. The van der Waals surface area contributed by atoms with Crippen LogP contribution in [0.25, 0.3) is 11.1 Å². The van der Waals surface area contributed by atoms with Gasteiger partial charge in [0, 0.05) is 5.56 Å². The molecule has 3 N–H and O–H groups in total. The summed E-state index contributed by atoms with van der Waals surface area (Å²) in [5.41, 5.74) is -8.43. The normalized spacial score (nSPS) is 15.6. The summed E-state index contributed by atoms with van der Waals surface area (Å²) in [6.45, 7) is 1.55. The Kier molecular flexibility index (Phi) is 8.50. The summed E-state index contributed by atoms with van der Waals surface area (Å²) in [4.78, 5) is 0. The van der Waals surface area contributed by atoms with Crippen molar-refractivity contribution in [1.82, 2.24) is 0 Å². The Labute approximate surface area is 216 Å². The molecule has 3 rings (SSSR count). The summed E-state index contributed by atoms with van der Waals surface area (Å²) < 4.78 is 94.6. The third-order valence-corrected chi connectivity index (χ3v) is 6.63. The van der Waals surface area contributed by atoms with Crippen LogP contribution < -0.4 is 4.74 Å². The van der Waals surface area contributed by atoms with Crippen LogP contribution in [-0.2, 0) is 18.8 Å². The van der Waals surface area contributed by atoms with Crippen molar-refractivity contribution < 1.29 is 46.4 Å². The topological polar surface area (TPSA) is 69.9 Å². The first-order valence-electron chi connectivity index (χ1n) is 11.8. The van der Waals surface area contributed by atoms with Crippen LogP contribution in [0.4, 0.5) is 26.3 Å². The fourth-order valence-electron chi connectivity index (χ4n) is 4.84. The SMILES string of the molecule is CCCC(Oc1ccc(CO)c(CO)c1)(c1cccc(-c2ccccc2)c1C)C(F)(C(O)(F)F)C(F)(F)F. The van der Waals surface area contributed by atoms with Gasteiger partial charge < -0.3 is 20.1 Å². The number of ether oxygens (including phenoxy) is 1. The van der Waals surface area contributed by atoms with Gasteiger partial charge in [-0.3, -0.25) is 0 Å². The molecule has 0 saturated heterocycles. The van der Waals surface area contributed by atoms with E-state index in [-0.39, 0.29) is 23.1 Å². The first kappa shape index (κ1) is 29.5. The maximum Gasteiger partial charge on any atom is 0.435 e. The van der Waals surface area contributed by atoms with Crippen LogP contribution in [0.3, 0.4) is 0 Å². The van der Waals surface area contributed by atoms with E-state index in [1.54, 1.807) is 36.4 Å². The molecule has 10 heteroatoms. The molecule has 2 unspecified atom stereocenters. The molecule has 0 aliphatic rings. The Morgan fingerprint density at radius 3 is 1.95 bits per heavy atom. The first-order chi connectivity index (χ1) is 17.8. The molecule has 4 nitrogen and oxygen atoms in total. The van der Waals surface area contributed by atoms with Crippen LogP contribution in [0.1, 0.15) is 42.0 Å². The van der Waals surface area contributed by atoms with Crippen molar-refractivity contribution in [1.29, 1.82) is 0 Å². The standard InChI is InChI=1S/C28H28F6O4/c1-3-14-25(26(29,27(30,31)32)28(33,34)37,38-22-13-12-20(16-35)21(15-22)17-36)24-11-7-10-23(18(24)2)19-8-5-4-6-9-19/h4-13,15,35-37H,3,14,16-17H2,1-2H3. The summed E-state index contributed by atoms with van der Waals surface area (Å²) in [5.74, 6) is -0.472. The first-order valence-corrected chi connectivity index (χ1v) is 11.8. The predicted molar refractivity (Wildman–Crippen MR) is 129 cm³/mol. The molecule has 206 valence electrons. The zero-order chi connectivity index (χ0) is 28.4. The summed E-state index contributed by atoms with van der Waals surface area (Å²) in [7, 11) is 0. The molecular weight excluding hydrogens is 514 g/mol. The number of aliphatic hydroxyl groups excluding tert-OH is 2. The summed E-state index contributed by atoms with van der Waals surface area (Å²) in [5, 5.41) is 28.6. The highest BCUT2D eigenvalue weighted by atomic mass is 19.4. The number of benzene rings is 3. The molecule has 0 fully saturated rings. The highest BCUT2D eigenvalue weighted by Crippen LogP contribution is 2.58. The largest absolute Gasteiger partial charge is 0.478 e. The van der Waals surface area contributed by atoms with Gasteiger partial charge in [0.25, 0.3) is 0 Å². The van der Waals surface area contributed by atoms with Crippen molar-refractivity contribution in [2.45, 2.75) is 63.5 Å². The van der Waals surface area contributed by atoms with Crippen molar-refractivity contribution in [3.05, 3.63) is 89.0 Å². The lowest BCUT2D eigenvalue weighted by Crippen LogP contribution is -2.69. The highest BCUT2D eigenvalue weighted by molar-refractivity contribution is 5.69. The van der Waals surface area contributed by atoms with Crippen LogP contribution >= 0.6 is 0 Å². The molecule has 2 atom stereocenters. The van der Waals surface area contributed by atoms with Crippen molar-refractivity contribution in [3.8, 4) is 16.9 Å². The number of hydrogen-bond acceptors (Lipinski definition) is 4. The van der Waals surface area contributed by atoms with Crippen molar-refractivity contribution in [2.24, 2.45) is 0 Å². The van der Waals surface area contributed by atoms with Gasteiger partial charge in [-0.1, -0.05) is 67.9 Å². The lowest BCUT2D eigenvalue weighted by molar-refractivity contribution is -0.409. The number of rotatable bonds is 10. The van der Waals surface area contributed by atoms with Crippen LogP contribution in [-0.4, -0.2) is 33.3 Å². The molecular formula is C28H28F6O4. The van der Waals surface area contributed by atoms with Gasteiger partial charge in [0.15, 0.2) is 5.60 Å². The molecule has 0 amide bonds. The molecule has 0 heterocycles. The van der Waals surface area contributed by atoms with Gasteiger partial charge in [0.2, 0.25) is 0 Å². The second-order valence-electron chi connectivity index (χ2n) is 8.97. The third kappa shape index (κ3) is 5.00. The van der Waals surface area contributed by atoms with E-state index in [0.29, 0.717) is 11.1 Å². The Bertz CT molecular complexity index is 1230. The van der Waals surface area contributed by atoms with E-state index >= 15 is 4.39 Å². The number of aliphatic hydroxyl groups is 3. The fraction of sp³-hybridized carbons (Fsp3) is 0.357. The molecule has 3 aromatic rings. The number of halogens is 6. The van der Waals surface area contributed by atoms with Gasteiger partial charge in [0.1, 0.15) is 5.75 Å². The zero-order valence-corrected chi connectivity index (χ0v) is 20.7. The van der Waals surface area contributed by atoms with E-state index < -0.39 is 54.5 Å². The molecule has 0 spiro atoms. The van der Waals surface area contributed by atoms with Crippen molar-refractivity contribution >= 4 is 0 Å². The van der Waals surface area contributed by atoms with E-state index in [0.717, 1.165) is 18.2 Å².